The summed E-state index contributed by atoms with van der Waals surface area (Å²) in [5, 5.41) is 18.4. The summed E-state index contributed by atoms with van der Waals surface area (Å²) in [5.41, 5.74) is 1.58. The third kappa shape index (κ3) is 5.52. The normalized spacial score (nSPS) is 14.5. The molecule has 1 aliphatic heterocycles. The Bertz CT molecular complexity index is 1820. The number of carboxylic acid groups (broad SMARTS) is 1. The minimum absolute atomic E-state index is 0.00504. The Labute approximate surface area is 237 Å². The quantitative estimate of drug-likeness (QED) is 0.232. The maximum atomic E-state index is 15.4. The molecule has 8 nitrogen and oxygen atoms in total. The van der Waals surface area contributed by atoms with Crippen molar-refractivity contribution in [2.45, 2.75) is 32.1 Å². The van der Waals surface area contributed by atoms with Crippen LogP contribution in [0.3, 0.4) is 0 Å². The van der Waals surface area contributed by atoms with E-state index in [4.69, 9.17) is 14.7 Å². The van der Waals surface area contributed by atoms with Gasteiger partial charge in [-0.15, -0.1) is 11.3 Å². The molecule has 1 saturated heterocycles. The lowest BCUT2D eigenvalue weighted by molar-refractivity contribution is -0.0589. The van der Waals surface area contributed by atoms with E-state index in [-0.39, 0.29) is 47.4 Å². The number of pyridine rings is 1. The van der Waals surface area contributed by atoms with Gasteiger partial charge in [-0.25, -0.2) is 23.5 Å². The van der Waals surface area contributed by atoms with Gasteiger partial charge in [0.25, 0.3) is 0 Å². The fraction of sp³-hybridized carbons (Fsp3) is 0.200. The van der Waals surface area contributed by atoms with Gasteiger partial charge in [0.15, 0.2) is 0 Å². The van der Waals surface area contributed by atoms with E-state index in [2.05, 4.69) is 16.0 Å². The number of aromatic carboxylic acids is 1. The highest BCUT2D eigenvalue weighted by Crippen LogP contribution is 2.29. The highest BCUT2D eigenvalue weighted by atomic mass is 32.1. The minimum atomic E-state index is -1.06. The maximum absolute atomic E-state index is 15.4. The summed E-state index contributed by atoms with van der Waals surface area (Å²) in [6.07, 6.45) is 0.784. The number of halogens is 2. The van der Waals surface area contributed by atoms with Crippen LogP contribution in [0.25, 0.3) is 22.3 Å². The van der Waals surface area contributed by atoms with E-state index in [1.54, 1.807) is 36.4 Å². The highest BCUT2D eigenvalue weighted by molar-refractivity contribution is 7.12. The van der Waals surface area contributed by atoms with Crippen LogP contribution >= 0.6 is 11.3 Å². The summed E-state index contributed by atoms with van der Waals surface area (Å²) < 4.78 is 43.9. The Morgan fingerprint density at radius 2 is 2.00 bits per heavy atom. The summed E-state index contributed by atoms with van der Waals surface area (Å²) in [7, 11) is 0. The number of rotatable bonds is 9. The Balaban J connectivity index is 1.27. The molecule has 41 heavy (non-hydrogen) atoms. The molecule has 6 rings (SSSR count). The first-order chi connectivity index (χ1) is 19.9. The number of carbonyl (C=O) groups is 1. The molecule has 0 amide bonds. The Morgan fingerprint density at radius 3 is 2.73 bits per heavy atom. The summed E-state index contributed by atoms with van der Waals surface area (Å²) in [6.45, 7) is 1.27. The van der Waals surface area contributed by atoms with E-state index in [0.717, 1.165) is 23.4 Å². The molecule has 0 bridgehead atoms. The molecule has 3 aromatic heterocycles. The zero-order chi connectivity index (χ0) is 28.5. The monoisotopic (exact) mass is 572 g/mol. The molecule has 0 aliphatic carbocycles. The van der Waals surface area contributed by atoms with Gasteiger partial charge in [0.05, 0.1) is 34.9 Å². The number of carboxylic acids is 1. The van der Waals surface area contributed by atoms with E-state index >= 15 is 8.78 Å². The number of nitriles is 1. The highest BCUT2D eigenvalue weighted by Gasteiger charge is 2.23. The summed E-state index contributed by atoms with van der Waals surface area (Å²) in [4.78, 5) is 21.9. The molecule has 1 atom stereocenters. The first-order valence-corrected chi connectivity index (χ1v) is 13.6. The van der Waals surface area contributed by atoms with Gasteiger partial charge >= 0.3 is 5.97 Å². The Kier molecular flexibility index (Phi) is 7.17. The fourth-order valence-corrected chi connectivity index (χ4v) is 5.39. The van der Waals surface area contributed by atoms with Crippen LogP contribution in [0.15, 0.2) is 60.7 Å². The van der Waals surface area contributed by atoms with Crippen molar-refractivity contribution in [2.75, 3.05) is 6.61 Å². The van der Waals surface area contributed by atoms with Gasteiger partial charge < -0.3 is 19.1 Å². The van der Waals surface area contributed by atoms with Gasteiger partial charge in [-0.05, 0) is 60.5 Å². The third-order valence-electron chi connectivity index (χ3n) is 6.87. The lowest BCUT2D eigenvalue weighted by Gasteiger charge is -2.27. The van der Waals surface area contributed by atoms with Crippen LogP contribution in [0.5, 0.6) is 5.88 Å². The Hall–Kier alpha value is -4.66. The molecule has 0 spiro atoms. The predicted molar refractivity (Wildman–Crippen MR) is 147 cm³/mol. The van der Waals surface area contributed by atoms with Crippen molar-refractivity contribution in [3.8, 4) is 23.2 Å². The molecule has 1 N–H and O–H groups in total. The van der Waals surface area contributed by atoms with Gasteiger partial charge in [-0.3, -0.25) is 0 Å². The third-order valence-corrected chi connectivity index (χ3v) is 7.84. The van der Waals surface area contributed by atoms with Gasteiger partial charge in [0, 0.05) is 29.5 Å². The van der Waals surface area contributed by atoms with E-state index in [9.17, 15) is 9.90 Å². The summed E-state index contributed by atoms with van der Waals surface area (Å²) in [5.74, 6) is -1.62. The van der Waals surface area contributed by atoms with Crippen molar-refractivity contribution in [2.24, 2.45) is 0 Å². The summed E-state index contributed by atoms with van der Waals surface area (Å²) in [6, 6.07) is 17.3. The molecule has 11 heteroatoms. The first-order valence-electron chi connectivity index (χ1n) is 12.8. The molecule has 0 saturated carbocycles. The molecule has 4 heterocycles. The van der Waals surface area contributed by atoms with Crippen LogP contribution in [0.4, 0.5) is 8.78 Å². The summed E-state index contributed by atoms with van der Waals surface area (Å²) >= 11 is 1.31. The van der Waals surface area contributed by atoms with Crippen molar-refractivity contribution in [1.82, 2.24) is 14.5 Å². The number of nitrogens with zero attached hydrogens (tertiary/aromatic N) is 4. The molecule has 1 fully saturated rings. The smallest absolute Gasteiger partial charge is 0.335 e. The molecule has 0 radical (unpaired) electrons. The van der Waals surface area contributed by atoms with Crippen molar-refractivity contribution >= 4 is 28.3 Å². The number of fused-ring (bicyclic) bond motifs is 1. The van der Waals surface area contributed by atoms with Gasteiger partial charge in [0.1, 0.15) is 35.0 Å². The van der Waals surface area contributed by atoms with Crippen LogP contribution in [0.2, 0.25) is 0 Å². The van der Waals surface area contributed by atoms with Gasteiger partial charge in [0.2, 0.25) is 5.88 Å². The number of imidazole rings is 1. The SMILES string of the molecule is N#Cc1ccc(COc2cccc(-c3cc(F)c(Cc4nc5ccc(C(=O)O)cc5n4C[C@@H]4CCO4)cc3F)n2)s1. The lowest BCUT2D eigenvalue weighted by Crippen LogP contribution is -2.31. The molecule has 206 valence electrons. The molecular weight excluding hydrogens is 550 g/mol. The molecule has 0 unspecified atom stereocenters. The first kappa shape index (κ1) is 26.6. The van der Waals surface area contributed by atoms with E-state index in [1.165, 1.54) is 23.5 Å². The van der Waals surface area contributed by atoms with E-state index in [1.807, 2.05) is 4.57 Å². The van der Waals surface area contributed by atoms with Crippen molar-refractivity contribution in [1.29, 1.82) is 5.26 Å². The van der Waals surface area contributed by atoms with E-state index in [0.29, 0.717) is 34.9 Å². The number of hydrogen-bond donors (Lipinski definition) is 1. The molecule has 5 aromatic rings. The second kappa shape index (κ2) is 11.1. The minimum Gasteiger partial charge on any atom is -0.478 e. The fourth-order valence-electron chi connectivity index (χ4n) is 4.67. The zero-order valence-electron chi connectivity index (χ0n) is 21.5. The average Bonchev–Trinajstić information content (AvgIpc) is 3.55. The van der Waals surface area contributed by atoms with Crippen molar-refractivity contribution < 1.29 is 28.2 Å². The van der Waals surface area contributed by atoms with Crippen molar-refractivity contribution in [3.63, 3.8) is 0 Å². The number of hydrogen-bond acceptors (Lipinski definition) is 7. The number of benzene rings is 2. The van der Waals surface area contributed by atoms with E-state index < -0.39 is 17.6 Å². The number of thiophene rings is 1. The second-order valence-corrected chi connectivity index (χ2v) is 10.7. The van der Waals surface area contributed by atoms with Crippen LogP contribution in [-0.4, -0.2) is 38.3 Å². The second-order valence-electron chi connectivity index (χ2n) is 9.56. The van der Waals surface area contributed by atoms with Crippen molar-refractivity contribution in [3.05, 3.63) is 99.0 Å². The van der Waals surface area contributed by atoms with Gasteiger partial charge in [-0.1, -0.05) is 6.07 Å². The zero-order valence-corrected chi connectivity index (χ0v) is 22.3. The topological polar surface area (TPSA) is 110 Å². The predicted octanol–water partition coefficient (Wildman–Crippen LogP) is 5.97. The number of ether oxygens (including phenoxy) is 2. The molecular formula is C30H22F2N4O4S. The lowest BCUT2D eigenvalue weighted by atomic mass is 10.0. The Morgan fingerprint density at radius 1 is 1.15 bits per heavy atom. The largest absolute Gasteiger partial charge is 0.478 e. The molecule has 1 aliphatic rings. The molecule has 2 aromatic carbocycles. The van der Waals surface area contributed by atoms with Crippen LogP contribution in [0.1, 0.15) is 37.9 Å². The number of aromatic nitrogens is 3. The average molecular weight is 573 g/mol. The van der Waals surface area contributed by atoms with Crippen LogP contribution < -0.4 is 4.74 Å². The van der Waals surface area contributed by atoms with Crippen LogP contribution in [0, 0.1) is 23.0 Å². The maximum Gasteiger partial charge on any atom is 0.335 e. The van der Waals surface area contributed by atoms with Crippen LogP contribution in [-0.2, 0) is 24.3 Å². The standard InChI is InChI=1S/C30H22F2N4O4S/c31-23-13-22(25-2-1-3-29(35-25)40-16-21-6-5-20(14-33)41-21)24(32)10-18(23)12-28-34-26-7-4-17(30(37)38)11-27(26)36(28)15-19-8-9-39-19/h1-7,10-11,13,19H,8-9,12,15-16H2,(H,37,38)/t19-/m0/s1. The van der Waals surface area contributed by atoms with Gasteiger partial charge in [-0.2, -0.15) is 5.26 Å².